The van der Waals surface area contributed by atoms with Crippen molar-refractivity contribution in [3.05, 3.63) is 30.5 Å². The fourth-order valence-electron chi connectivity index (χ4n) is 6.42. The first kappa shape index (κ1) is 37.1. The maximum Gasteiger partial charge on any atom is 0.408 e. The van der Waals surface area contributed by atoms with Crippen molar-refractivity contribution in [1.29, 1.82) is 0 Å². The number of ether oxygens (including phenoxy) is 3. The van der Waals surface area contributed by atoms with Crippen LogP contribution in [0.1, 0.15) is 80.6 Å². The van der Waals surface area contributed by atoms with E-state index in [0.29, 0.717) is 36.3 Å². The molecule has 50 heavy (non-hydrogen) atoms. The lowest BCUT2D eigenvalue weighted by molar-refractivity contribution is -0.143. The van der Waals surface area contributed by atoms with Gasteiger partial charge in [0, 0.05) is 18.0 Å². The summed E-state index contributed by atoms with van der Waals surface area (Å²) in [6.45, 7) is 12.3. The normalized spacial score (nSPS) is 24.2. The maximum atomic E-state index is 14.4. The molecule has 3 N–H and O–H groups in total. The van der Waals surface area contributed by atoms with Crippen molar-refractivity contribution in [3.8, 4) is 11.6 Å². The monoisotopic (exact) mass is 715 g/mol. The van der Waals surface area contributed by atoms with E-state index in [9.17, 15) is 27.6 Å². The lowest BCUT2D eigenvalue weighted by Gasteiger charge is -2.36. The lowest BCUT2D eigenvalue weighted by atomic mass is 9.85. The van der Waals surface area contributed by atoms with Gasteiger partial charge >= 0.3 is 6.09 Å². The van der Waals surface area contributed by atoms with E-state index in [1.165, 1.54) is 4.90 Å². The molecule has 0 spiro atoms. The Kier molecular flexibility index (Phi) is 10.0. The fraction of sp³-hybridized carbons (Fsp3) is 0.629. The predicted molar refractivity (Wildman–Crippen MR) is 185 cm³/mol. The number of fused-ring (bicyclic) bond motifs is 1. The minimum Gasteiger partial charge on any atom is -0.497 e. The van der Waals surface area contributed by atoms with Gasteiger partial charge in [-0.05, 0) is 81.0 Å². The number of pyridine rings is 1. The van der Waals surface area contributed by atoms with Gasteiger partial charge < -0.3 is 29.7 Å². The van der Waals surface area contributed by atoms with Gasteiger partial charge in [-0.3, -0.25) is 19.1 Å². The molecule has 1 aromatic heterocycles. The number of nitrogens with one attached hydrogen (secondary N) is 3. The molecule has 5 atom stereocenters. The molecular weight excluding hydrogens is 666 g/mol. The number of hydrogen-bond acceptors (Lipinski definition) is 10. The van der Waals surface area contributed by atoms with Crippen LogP contribution in [0.5, 0.6) is 11.6 Å². The third kappa shape index (κ3) is 8.08. The Bertz CT molecular complexity index is 1770. The average molecular weight is 716 g/mol. The van der Waals surface area contributed by atoms with Crippen molar-refractivity contribution in [1.82, 2.24) is 25.2 Å². The molecule has 1 saturated heterocycles. The van der Waals surface area contributed by atoms with Crippen molar-refractivity contribution >= 4 is 44.6 Å². The van der Waals surface area contributed by atoms with Crippen molar-refractivity contribution in [2.24, 2.45) is 11.3 Å². The van der Waals surface area contributed by atoms with E-state index in [-0.39, 0.29) is 25.3 Å². The van der Waals surface area contributed by atoms with Crippen molar-refractivity contribution in [2.75, 3.05) is 13.7 Å². The molecule has 2 aliphatic carbocycles. The third-order valence-electron chi connectivity index (χ3n) is 9.38. The van der Waals surface area contributed by atoms with Gasteiger partial charge in [-0.2, -0.15) is 0 Å². The van der Waals surface area contributed by atoms with Crippen LogP contribution in [0.2, 0.25) is 0 Å². The highest BCUT2D eigenvalue weighted by molar-refractivity contribution is 7.91. The topological polar surface area (TPSA) is 182 Å². The van der Waals surface area contributed by atoms with Crippen LogP contribution < -0.4 is 24.8 Å². The summed E-state index contributed by atoms with van der Waals surface area (Å²) in [6, 6.07) is 5.04. The zero-order chi connectivity index (χ0) is 36.8. The Balaban J connectivity index is 1.44. The summed E-state index contributed by atoms with van der Waals surface area (Å²) in [5.74, 6) is -1.27. The first-order valence-corrected chi connectivity index (χ1v) is 18.6. The van der Waals surface area contributed by atoms with Crippen LogP contribution in [0.15, 0.2) is 30.5 Å². The van der Waals surface area contributed by atoms with E-state index in [0.717, 1.165) is 5.39 Å². The summed E-state index contributed by atoms with van der Waals surface area (Å²) in [4.78, 5) is 60.8. The highest BCUT2D eigenvalue weighted by atomic mass is 32.2. The van der Waals surface area contributed by atoms with Crippen LogP contribution in [-0.2, 0) is 29.1 Å². The second-order valence-electron chi connectivity index (χ2n) is 15.6. The Labute approximate surface area is 293 Å². The summed E-state index contributed by atoms with van der Waals surface area (Å²) < 4.78 is 44.7. The zero-order valence-corrected chi connectivity index (χ0v) is 30.8. The summed E-state index contributed by atoms with van der Waals surface area (Å²) in [5, 5.41) is 6.46. The van der Waals surface area contributed by atoms with Crippen LogP contribution in [0.25, 0.3) is 10.8 Å². The molecule has 4 amide bonds. The number of methoxy groups -OCH3 is 1. The van der Waals surface area contributed by atoms with E-state index < -0.39 is 73.8 Å². The standard InChI is InChI=1S/C35H49N5O9S/c1-9-21-18-35(21,31(43)39-50(45,46)24-11-12-24)38-28(41)26-17-23(48-29-25-13-10-22(47-8)16-20(25)14-15-36-29)19-40(26)30(42)27(33(2,3)4)37-32(44)49-34(5,6)7/h10,13-16,21,23-24,26-27H,9,11-12,17-19H2,1-8H3,(H,37,44)(H,38,41)(H,39,43)/t21-,23+,26-,27?,35-/m0/s1. The lowest BCUT2D eigenvalue weighted by Crippen LogP contribution is -2.60. The van der Waals surface area contributed by atoms with Gasteiger partial charge in [0.1, 0.15) is 35.1 Å². The number of benzene rings is 1. The van der Waals surface area contributed by atoms with Crippen LogP contribution in [-0.4, -0.2) is 90.3 Å². The minimum atomic E-state index is -3.86. The van der Waals surface area contributed by atoms with E-state index in [1.54, 1.807) is 60.9 Å². The molecule has 1 aromatic carbocycles. The number of carbonyl (C=O) groups excluding carboxylic acids is 4. The molecule has 2 saturated carbocycles. The number of aromatic nitrogens is 1. The van der Waals surface area contributed by atoms with Crippen LogP contribution in [0, 0.1) is 11.3 Å². The van der Waals surface area contributed by atoms with Crippen molar-refractivity contribution in [3.63, 3.8) is 0 Å². The summed E-state index contributed by atoms with van der Waals surface area (Å²) in [6.07, 6.45) is 1.90. The van der Waals surface area contributed by atoms with Crippen molar-refractivity contribution < 1.29 is 41.8 Å². The molecule has 274 valence electrons. The molecule has 14 nitrogen and oxygen atoms in total. The molecule has 1 unspecified atom stereocenters. The fourth-order valence-corrected chi connectivity index (χ4v) is 7.78. The van der Waals surface area contributed by atoms with Crippen LogP contribution in [0.4, 0.5) is 4.79 Å². The number of nitrogens with zero attached hydrogens (tertiary/aromatic N) is 2. The molecule has 2 aromatic rings. The molecule has 0 radical (unpaired) electrons. The van der Waals surface area contributed by atoms with Gasteiger partial charge in [-0.25, -0.2) is 18.2 Å². The number of sulfonamides is 1. The number of hydrogen-bond donors (Lipinski definition) is 3. The molecule has 3 fully saturated rings. The largest absolute Gasteiger partial charge is 0.497 e. The van der Waals surface area contributed by atoms with Crippen molar-refractivity contribution in [2.45, 2.75) is 115 Å². The van der Waals surface area contributed by atoms with Gasteiger partial charge in [0.25, 0.3) is 5.91 Å². The van der Waals surface area contributed by atoms with E-state index >= 15 is 0 Å². The molecular formula is C35H49N5O9S. The quantitative estimate of drug-likeness (QED) is 0.312. The number of amides is 4. The summed E-state index contributed by atoms with van der Waals surface area (Å²) >= 11 is 0. The second-order valence-corrected chi connectivity index (χ2v) is 17.5. The number of likely N-dealkylation sites (tertiary alicyclic amines) is 1. The molecule has 1 aliphatic heterocycles. The predicted octanol–water partition coefficient (Wildman–Crippen LogP) is 3.42. The molecule has 5 rings (SSSR count). The number of carbonyl (C=O) groups is 4. The van der Waals surface area contributed by atoms with E-state index in [1.807, 2.05) is 25.1 Å². The molecule has 0 bridgehead atoms. The Morgan fingerprint density at radius 1 is 1.08 bits per heavy atom. The third-order valence-corrected chi connectivity index (χ3v) is 11.2. The van der Waals surface area contributed by atoms with Gasteiger partial charge in [-0.1, -0.05) is 34.1 Å². The first-order chi connectivity index (χ1) is 23.3. The highest BCUT2D eigenvalue weighted by Gasteiger charge is 2.62. The maximum absolute atomic E-state index is 14.4. The minimum absolute atomic E-state index is 0.0276. The molecule has 15 heteroatoms. The average Bonchev–Trinajstić information content (AvgIpc) is 3.95. The van der Waals surface area contributed by atoms with Gasteiger partial charge in [0.2, 0.25) is 27.7 Å². The van der Waals surface area contributed by atoms with E-state index in [4.69, 9.17) is 14.2 Å². The van der Waals surface area contributed by atoms with Gasteiger partial charge in [0.15, 0.2) is 0 Å². The molecule has 3 aliphatic rings. The summed E-state index contributed by atoms with van der Waals surface area (Å²) in [5.41, 5.74) is -3.05. The molecule has 2 heterocycles. The summed E-state index contributed by atoms with van der Waals surface area (Å²) in [7, 11) is -2.29. The van der Waals surface area contributed by atoms with E-state index in [2.05, 4.69) is 20.3 Å². The Morgan fingerprint density at radius 2 is 1.78 bits per heavy atom. The zero-order valence-electron chi connectivity index (χ0n) is 30.0. The van der Waals surface area contributed by atoms with Crippen LogP contribution in [0.3, 0.4) is 0 Å². The highest BCUT2D eigenvalue weighted by Crippen LogP contribution is 2.47. The Hall–Kier alpha value is -4.14. The van der Waals surface area contributed by atoms with Crippen LogP contribution >= 0.6 is 0 Å². The smallest absolute Gasteiger partial charge is 0.408 e. The van der Waals surface area contributed by atoms with Gasteiger partial charge in [-0.15, -0.1) is 0 Å². The number of rotatable bonds is 11. The SMILES string of the molecule is CC[C@H]1C[C@@]1(NC(=O)[C@@H]1C[C@@H](Oc2nccc3cc(OC)ccc23)CN1C(=O)C(NC(=O)OC(C)(C)C)C(C)(C)C)C(=O)NS(=O)(=O)C1CC1. The Morgan fingerprint density at radius 3 is 2.36 bits per heavy atom. The second kappa shape index (κ2) is 13.5. The first-order valence-electron chi connectivity index (χ1n) is 17.1. The number of alkyl carbamates (subject to hydrolysis) is 1. The van der Waals surface area contributed by atoms with Gasteiger partial charge in [0.05, 0.1) is 18.9 Å².